The Labute approximate surface area is 141 Å². The lowest BCUT2D eigenvalue weighted by molar-refractivity contribution is -0.116. The number of nitrogens with zero attached hydrogens (tertiary/aromatic N) is 1. The lowest BCUT2D eigenvalue weighted by Crippen LogP contribution is -2.18. The Hall–Kier alpha value is -2.68. The molecule has 120 valence electrons. The SMILES string of the molecule is CC(C)(C)c1cc(C2C(=O)Nc3ccccc32)nc2ccccc12. The molecular weight excluding hydrogens is 296 g/mol. The topological polar surface area (TPSA) is 42.0 Å². The molecule has 2 heterocycles. The fourth-order valence-electron chi connectivity index (χ4n) is 3.47. The summed E-state index contributed by atoms with van der Waals surface area (Å²) in [7, 11) is 0. The predicted octanol–water partition coefficient (Wildman–Crippen LogP) is 4.62. The van der Waals surface area contributed by atoms with Crippen molar-refractivity contribution in [2.75, 3.05) is 5.32 Å². The number of hydrogen-bond donors (Lipinski definition) is 1. The molecule has 3 aromatic rings. The number of rotatable bonds is 1. The Kier molecular flexibility index (Phi) is 3.20. The van der Waals surface area contributed by atoms with Crippen molar-refractivity contribution in [2.45, 2.75) is 32.1 Å². The monoisotopic (exact) mass is 316 g/mol. The highest BCUT2D eigenvalue weighted by Gasteiger charge is 2.33. The Morgan fingerprint density at radius 3 is 2.50 bits per heavy atom. The number of pyridine rings is 1. The van der Waals surface area contributed by atoms with Crippen LogP contribution in [0.4, 0.5) is 5.69 Å². The second-order valence-electron chi connectivity index (χ2n) is 7.37. The van der Waals surface area contributed by atoms with Gasteiger partial charge >= 0.3 is 0 Å². The van der Waals surface area contributed by atoms with Crippen LogP contribution in [0.15, 0.2) is 54.6 Å². The standard InChI is InChI=1S/C21H20N2O/c1-21(2,3)15-12-18(22-16-10-6-4-8-13(15)16)19-14-9-5-7-11-17(14)23-20(19)24/h4-12,19H,1-3H3,(H,23,24). The number of hydrogen-bond acceptors (Lipinski definition) is 2. The van der Waals surface area contributed by atoms with Crippen molar-refractivity contribution in [1.29, 1.82) is 0 Å². The molecule has 0 radical (unpaired) electrons. The molecule has 1 unspecified atom stereocenters. The van der Waals surface area contributed by atoms with Gasteiger partial charge in [-0.3, -0.25) is 9.78 Å². The quantitative estimate of drug-likeness (QED) is 0.712. The van der Waals surface area contributed by atoms with E-state index in [4.69, 9.17) is 4.98 Å². The number of anilines is 1. The van der Waals surface area contributed by atoms with Crippen LogP contribution in [0.2, 0.25) is 0 Å². The van der Waals surface area contributed by atoms with Gasteiger partial charge in [-0.1, -0.05) is 57.2 Å². The molecule has 4 rings (SSSR count). The number of amides is 1. The Morgan fingerprint density at radius 2 is 1.71 bits per heavy atom. The molecule has 0 saturated heterocycles. The molecule has 1 aliphatic heterocycles. The average molecular weight is 316 g/mol. The number of para-hydroxylation sites is 2. The maximum absolute atomic E-state index is 12.6. The van der Waals surface area contributed by atoms with Crippen LogP contribution in [0.1, 0.15) is 43.5 Å². The van der Waals surface area contributed by atoms with Crippen molar-refractivity contribution in [3.05, 3.63) is 71.4 Å². The Balaban J connectivity index is 1.97. The van der Waals surface area contributed by atoms with E-state index in [1.807, 2.05) is 42.5 Å². The molecule has 1 aromatic heterocycles. The van der Waals surface area contributed by atoms with E-state index in [0.29, 0.717) is 0 Å². The lowest BCUT2D eigenvalue weighted by Gasteiger charge is -2.23. The summed E-state index contributed by atoms with van der Waals surface area (Å²) in [4.78, 5) is 17.4. The van der Waals surface area contributed by atoms with E-state index < -0.39 is 0 Å². The highest BCUT2D eigenvalue weighted by molar-refractivity contribution is 6.05. The van der Waals surface area contributed by atoms with Crippen molar-refractivity contribution in [1.82, 2.24) is 4.98 Å². The summed E-state index contributed by atoms with van der Waals surface area (Å²) < 4.78 is 0. The van der Waals surface area contributed by atoms with E-state index in [2.05, 4.69) is 38.2 Å². The zero-order chi connectivity index (χ0) is 16.9. The molecule has 3 heteroatoms. The summed E-state index contributed by atoms with van der Waals surface area (Å²) in [6.07, 6.45) is 0. The largest absolute Gasteiger partial charge is 0.325 e. The van der Waals surface area contributed by atoms with Gasteiger partial charge in [0.2, 0.25) is 5.91 Å². The van der Waals surface area contributed by atoms with E-state index in [1.165, 1.54) is 5.56 Å². The number of benzene rings is 2. The van der Waals surface area contributed by atoms with Gasteiger partial charge in [-0.25, -0.2) is 0 Å². The molecule has 1 atom stereocenters. The normalized spacial score (nSPS) is 17.0. The van der Waals surface area contributed by atoms with Gasteiger partial charge in [0.1, 0.15) is 5.92 Å². The summed E-state index contributed by atoms with van der Waals surface area (Å²) in [5, 5.41) is 4.13. The molecule has 0 saturated carbocycles. The maximum Gasteiger partial charge on any atom is 0.238 e. The van der Waals surface area contributed by atoms with Crippen LogP contribution in [0, 0.1) is 0 Å². The molecule has 0 spiro atoms. The van der Waals surface area contributed by atoms with Crippen LogP contribution in [0.3, 0.4) is 0 Å². The summed E-state index contributed by atoms with van der Waals surface area (Å²) in [5.41, 5.74) is 4.86. The van der Waals surface area contributed by atoms with E-state index in [9.17, 15) is 4.79 Å². The summed E-state index contributed by atoms with van der Waals surface area (Å²) >= 11 is 0. The van der Waals surface area contributed by atoms with E-state index in [1.54, 1.807) is 0 Å². The van der Waals surface area contributed by atoms with Crippen LogP contribution in [-0.4, -0.2) is 10.9 Å². The summed E-state index contributed by atoms with van der Waals surface area (Å²) in [6.45, 7) is 6.59. The van der Waals surface area contributed by atoms with Gasteiger partial charge in [0, 0.05) is 11.1 Å². The van der Waals surface area contributed by atoms with Crippen LogP contribution >= 0.6 is 0 Å². The molecule has 0 fully saturated rings. The lowest BCUT2D eigenvalue weighted by atomic mass is 9.83. The highest BCUT2D eigenvalue weighted by Crippen LogP contribution is 2.39. The van der Waals surface area contributed by atoms with Gasteiger partial charge in [0.05, 0.1) is 11.2 Å². The van der Waals surface area contributed by atoms with Gasteiger partial charge in [0.15, 0.2) is 0 Å². The number of nitrogens with one attached hydrogen (secondary N) is 1. The number of aromatic nitrogens is 1. The molecule has 0 aliphatic carbocycles. The van der Waals surface area contributed by atoms with Crippen molar-refractivity contribution in [3.63, 3.8) is 0 Å². The third-order valence-corrected chi connectivity index (χ3v) is 4.63. The number of fused-ring (bicyclic) bond motifs is 2. The third kappa shape index (κ3) is 2.28. The van der Waals surface area contributed by atoms with Crippen LogP contribution in [0.5, 0.6) is 0 Å². The van der Waals surface area contributed by atoms with Crippen molar-refractivity contribution < 1.29 is 4.79 Å². The van der Waals surface area contributed by atoms with E-state index in [0.717, 1.165) is 27.8 Å². The van der Waals surface area contributed by atoms with Crippen LogP contribution in [0.25, 0.3) is 10.9 Å². The first-order valence-electron chi connectivity index (χ1n) is 8.25. The molecule has 1 N–H and O–H groups in total. The zero-order valence-electron chi connectivity index (χ0n) is 14.1. The first kappa shape index (κ1) is 14.9. The Bertz CT molecular complexity index is 953. The van der Waals surface area contributed by atoms with E-state index >= 15 is 0 Å². The van der Waals surface area contributed by atoms with Crippen LogP contribution in [-0.2, 0) is 10.2 Å². The minimum absolute atomic E-state index is 0.00107. The molecule has 2 aromatic carbocycles. The second kappa shape index (κ2) is 5.17. The summed E-state index contributed by atoms with van der Waals surface area (Å²) in [5.74, 6) is -0.342. The van der Waals surface area contributed by atoms with Gasteiger partial charge < -0.3 is 5.32 Å². The van der Waals surface area contributed by atoms with Crippen LogP contribution < -0.4 is 5.32 Å². The zero-order valence-corrected chi connectivity index (χ0v) is 14.1. The number of carbonyl (C=O) groups is 1. The van der Waals surface area contributed by atoms with Gasteiger partial charge in [-0.15, -0.1) is 0 Å². The van der Waals surface area contributed by atoms with Gasteiger partial charge in [-0.05, 0) is 34.7 Å². The first-order chi connectivity index (χ1) is 11.4. The minimum atomic E-state index is -0.341. The third-order valence-electron chi connectivity index (χ3n) is 4.63. The predicted molar refractivity (Wildman–Crippen MR) is 97.4 cm³/mol. The molecule has 3 nitrogen and oxygen atoms in total. The van der Waals surface area contributed by atoms with E-state index in [-0.39, 0.29) is 17.2 Å². The van der Waals surface area contributed by atoms with Gasteiger partial charge in [0.25, 0.3) is 0 Å². The molecule has 1 amide bonds. The fourth-order valence-corrected chi connectivity index (χ4v) is 3.47. The van der Waals surface area contributed by atoms with Crippen molar-refractivity contribution in [3.8, 4) is 0 Å². The minimum Gasteiger partial charge on any atom is -0.325 e. The average Bonchev–Trinajstić information content (AvgIpc) is 2.88. The van der Waals surface area contributed by atoms with Crippen molar-refractivity contribution >= 4 is 22.5 Å². The fraction of sp³-hybridized carbons (Fsp3) is 0.238. The number of carbonyl (C=O) groups excluding carboxylic acids is 1. The smallest absolute Gasteiger partial charge is 0.238 e. The van der Waals surface area contributed by atoms with Gasteiger partial charge in [-0.2, -0.15) is 0 Å². The molecule has 0 bridgehead atoms. The Morgan fingerprint density at radius 1 is 1.00 bits per heavy atom. The molecule has 1 aliphatic rings. The highest BCUT2D eigenvalue weighted by atomic mass is 16.2. The molecule has 24 heavy (non-hydrogen) atoms. The molecular formula is C21H20N2O. The summed E-state index contributed by atoms with van der Waals surface area (Å²) in [6, 6.07) is 18.1. The van der Waals surface area contributed by atoms with Crippen molar-refractivity contribution in [2.24, 2.45) is 0 Å². The maximum atomic E-state index is 12.6. The second-order valence-corrected chi connectivity index (χ2v) is 7.37. The first-order valence-corrected chi connectivity index (χ1v) is 8.25.